The predicted octanol–water partition coefficient (Wildman–Crippen LogP) is 0.298. The lowest BCUT2D eigenvalue weighted by Crippen LogP contribution is -2.25. The van der Waals surface area contributed by atoms with Gasteiger partial charge in [0.2, 0.25) is 5.91 Å². The highest BCUT2D eigenvalue weighted by atomic mass is 32.1. The van der Waals surface area contributed by atoms with Gasteiger partial charge in [0.25, 0.3) is 0 Å². The van der Waals surface area contributed by atoms with Crippen molar-refractivity contribution >= 4 is 23.1 Å². The summed E-state index contributed by atoms with van der Waals surface area (Å²) in [5.41, 5.74) is 7.19. The second kappa shape index (κ2) is 6.05. The number of nitrogens with zero attached hydrogens (tertiary/aromatic N) is 2. The Kier molecular flexibility index (Phi) is 4.19. The number of amides is 1. The van der Waals surface area contributed by atoms with Gasteiger partial charge in [0, 0.05) is 5.56 Å². The van der Waals surface area contributed by atoms with E-state index in [1.54, 1.807) is 12.1 Å². The van der Waals surface area contributed by atoms with Gasteiger partial charge < -0.3 is 11.1 Å². The maximum atomic E-state index is 11.7. The third kappa shape index (κ3) is 3.85. The van der Waals surface area contributed by atoms with Gasteiger partial charge in [-0.15, -0.1) is 0 Å². The Labute approximate surface area is 115 Å². The zero-order chi connectivity index (χ0) is 13.7. The Hall–Kier alpha value is -2.28. The fraction of sp³-hybridized carbons (Fsp3) is 0.167. The summed E-state index contributed by atoms with van der Waals surface area (Å²) in [5.74, 6) is 0.539. The van der Waals surface area contributed by atoms with E-state index in [4.69, 9.17) is 18.0 Å². The van der Waals surface area contributed by atoms with Crippen molar-refractivity contribution in [2.24, 2.45) is 5.73 Å². The normalized spacial score (nSPS) is 10.1. The summed E-state index contributed by atoms with van der Waals surface area (Å²) < 4.78 is 0. The van der Waals surface area contributed by atoms with Gasteiger partial charge in [0.1, 0.15) is 17.1 Å². The molecule has 1 aromatic heterocycles. The monoisotopic (exact) mass is 275 g/mol. The Bertz CT molecular complexity index is 564. The third-order valence-electron chi connectivity index (χ3n) is 2.52. The van der Waals surface area contributed by atoms with E-state index in [0.717, 1.165) is 11.1 Å². The molecule has 0 fully saturated rings. The van der Waals surface area contributed by atoms with Crippen LogP contribution in [-0.2, 0) is 17.8 Å². The molecule has 2 rings (SSSR count). The molecule has 98 valence electrons. The van der Waals surface area contributed by atoms with Crippen LogP contribution in [0.25, 0.3) is 0 Å². The van der Waals surface area contributed by atoms with Crippen molar-refractivity contribution in [3.63, 3.8) is 0 Å². The minimum Gasteiger partial charge on any atom is -0.389 e. The maximum Gasteiger partial charge on any atom is 0.224 e. The average molecular weight is 275 g/mol. The molecular formula is C12H13N5OS. The van der Waals surface area contributed by atoms with Crippen LogP contribution in [0, 0.1) is 0 Å². The highest BCUT2D eigenvalue weighted by Crippen LogP contribution is 2.05. The SMILES string of the molecule is NC(=S)c1ccc(CC(=O)NCc2ncn[nH]2)cc1. The Morgan fingerprint density at radius 2 is 2.11 bits per heavy atom. The quantitative estimate of drug-likeness (QED) is 0.682. The summed E-state index contributed by atoms with van der Waals surface area (Å²) in [4.78, 5) is 16.0. The van der Waals surface area contributed by atoms with Crippen molar-refractivity contribution in [1.29, 1.82) is 0 Å². The minimum atomic E-state index is -0.0838. The predicted molar refractivity (Wildman–Crippen MR) is 74.3 cm³/mol. The van der Waals surface area contributed by atoms with Crippen LogP contribution in [0.2, 0.25) is 0 Å². The second-order valence-electron chi connectivity index (χ2n) is 3.95. The lowest BCUT2D eigenvalue weighted by atomic mass is 10.1. The van der Waals surface area contributed by atoms with Gasteiger partial charge in [0.05, 0.1) is 13.0 Å². The van der Waals surface area contributed by atoms with Crippen LogP contribution >= 0.6 is 12.2 Å². The van der Waals surface area contributed by atoms with Gasteiger partial charge in [-0.05, 0) is 5.56 Å². The van der Waals surface area contributed by atoms with Crippen molar-refractivity contribution in [2.75, 3.05) is 0 Å². The second-order valence-corrected chi connectivity index (χ2v) is 4.39. The number of thiocarbonyl (C=S) groups is 1. The van der Waals surface area contributed by atoms with Gasteiger partial charge in [-0.1, -0.05) is 36.5 Å². The number of aromatic amines is 1. The zero-order valence-electron chi connectivity index (χ0n) is 10.1. The third-order valence-corrected chi connectivity index (χ3v) is 2.76. The molecule has 0 aliphatic rings. The largest absolute Gasteiger partial charge is 0.389 e. The fourth-order valence-corrected chi connectivity index (χ4v) is 1.67. The molecule has 0 unspecified atom stereocenters. The van der Waals surface area contributed by atoms with Crippen LogP contribution < -0.4 is 11.1 Å². The first-order valence-electron chi connectivity index (χ1n) is 5.65. The molecule has 0 atom stereocenters. The highest BCUT2D eigenvalue weighted by molar-refractivity contribution is 7.80. The topological polar surface area (TPSA) is 96.7 Å². The number of H-pyrrole nitrogens is 1. The number of aromatic nitrogens is 3. The smallest absolute Gasteiger partial charge is 0.224 e. The van der Waals surface area contributed by atoms with Crippen LogP contribution in [0.5, 0.6) is 0 Å². The molecule has 0 aliphatic carbocycles. The molecule has 0 saturated carbocycles. The number of carbonyl (C=O) groups is 1. The van der Waals surface area contributed by atoms with Crippen LogP contribution in [0.3, 0.4) is 0 Å². The Morgan fingerprint density at radius 3 is 2.68 bits per heavy atom. The summed E-state index contributed by atoms with van der Waals surface area (Å²) in [6.07, 6.45) is 1.70. The van der Waals surface area contributed by atoms with Crippen LogP contribution in [0.1, 0.15) is 17.0 Å². The molecule has 0 aliphatic heterocycles. The molecule has 1 amide bonds. The number of nitrogens with one attached hydrogen (secondary N) is 2. The van der Waals surface area contributed by atoms with E-state index in [1.807, 2.05) is 12.1 Å². The summed E-state index contributed by atoms with van der Waals surface area (Å²) in [6, 6.07) is 7.29. The molecule has 7 heteroatoms. The summed E-state index contributed by atoms with van der Waals surface area (Å²) >= 11 is 4.86. The number of benzene rings is 1. The van der Waals surface area contributed by atoms with Gasteiger partial charge >= 0.3 is 0 Å². The van der Waals surface area contributed by atoms with E-state index in [0.29, 0.717) is 23.8 Å². The molecule has 19 heavy (non-hydrogen) atoms. The van der Waals surface area contributed by atoms with Crippen molar-refractivity contribution in [3.8, 4) is 0 Å². The van der Waals surface area contributed by atoms with E-state index in [9.17, 15) is 4.79 Å². The summed E-state index contributed by atoms with van der Waals surface area (Å²) in [7, 11) is 0. The van der Waals surface area contributed by atoms with Crippen LogP contribution in [0.15, 0.2) is 30.6 Å². The van der Waals surface area contributed by atoms with Crippen LogP contribution in [-0.4, -0.2) is 26.1 Å². The standard InChI is InChI=1S/C12H13N5OS/c13-12(19)9-3-1-8(2-4-9)5-11(18)14-6-10-15-7-16-17-10/h1-4,7H,5-6H2,(H2,13,19)(H,14,18)(H,15,16,17). The van der Waals surface area contributed by atoms with E-state index in [2.05, 4.69) is 20.5 Å². The molecule has 0 radical (unpaired) electrons. The van der Waals surface area contributed by atoms with Crippen molar-refractivity contribution in [1.82, 2.24) is 20.5 Å². The van der Waals surface area contributed by atoms with Crippen molar-refractivity contribution in [3.05, 3.63) is 47.5 Å². The van der Waals surface area contributed by atoms with Crippen molar-refractivity contribution in [2.45, 2.75) is 13.0 Å². The summed E-state index contributed by atoms with van der Waals surface area (Å²) in [6.45, 7) is 0.337. The maximum absolute atomic E-state index is 11.7. The first kappa shape index (κ1) is 13.2. The number of nitrogens with two attached hydrogens (primary N) is 1. The number of hydrogen-bond donors (Lipinski definition) is 3. The van der Waals surface area contributed by atoms with E-state index in [1.165, 1.54) is 6.33 Å². The van der Waals surface area contributed by atoms with Gasteiger partial charge in [0.15, 0.2) is 0 Å². The lowest BCUT2D eigenvalue weighted by Gasteiger charge is -2.04. The van der Waals surface area contributed by atoms with E-state index < -0.39 is 0 Å². The molecule has 2 aromatic rings. The number of hydrogen-bond acceptors (Lipinski definition) is 4. The van der Waals surface area contributed by atoms with Gasteiger partial charge in [-0.2, -0.15) is 5.10 Å². The molecule has 4 N–H and O–H groups in total. The zero-order valence-corrected chi connectivity index (χ0v) is 10.9. The highest BCUT2D eigenvalue weighted by Gasteiger charge is 2.05. The van der Waals surface area contributed by atoms with Gasteiger partial charge in [-0.25, -0.2) is 4.98 Å². The number of carbonyl (C=O) groups excluding carboxylic acids is 1. The van der Waals surface area contributed by atoms with Gasteiger partial charge in [-0.3, -0.25) is 9.89 Å². The Morgan fingerprint density at radius 1 is 1.37 bits per heavy atom. The molecule has 1 heterocycles. The number of rotatable bonds is 5. The van der Waals surface area contributed by atoms with E-state index in [-0.39, 0.29) is 5.91 Å². The molecule has 0 saturated heterocycles. The molecule has 0 bridgehead atoms. The Balaban J connectivity index is 1.86. The molecule has 1 aromatic carbocycles. The molecular weight excluding hydrogens is 262 g/mol. The first-order chi connectivity index (χ1) is 9.15. The lowest BCUT2D eigenvalue weighted by molar-refractivity contribution is -0.120. The first-order valence-corrected chi connectivity index (χ1v) is 6.05. The average Bonchev–Trinajstić information content (AvgIpc) is 2.90. The van der Waals surface area contributed by atoms with E-state index >= 15 is 0 Å². The fourth-order valence-electron chi connectivity index (χ4n) is 1.53. The summed E-state index contributed by atoms with van der Waals surface area (Å²) in [5, 5.41) is 9.12. The molecule has 0 spiro atoms. The minimum absolute atomic E-state index is 0.0838. The van der Waals surface area contributed by atoms with Crippen molar-refractivity contribution < 1.29 is 4.79 Å². The molecule has 6 nitrogen and oxygen atoms in total. The van der Waals surface area contributed by atoms with Crippen LogP contribution in [0.4, 0.5) is 0 Å².